The summed E-state index contributed by atoms with van der Waals surface area (Å²) in [7, 11) is 0. The summed E-state index contributed by atoms with van der Waals surface area (Å²) in [6.07, 6.45) is 10.2. The van der Waals surface area contributed by atoms with Crippen molar-refractivity contribution in [3.05, 3.63) is 12.2 Å². The maximum Gasteiger partial charge on any atom is 0.330 e. The van der Waals surface area contributed by atoms with E-state index in [0.717, 1.165) is 19.3 Å². The van der Waals surface area contributed by atoms with Crippen LogP contribution in [0, 0.1) is 0 Å². The molecule has 1 saturated carbocycles. The van der Waals surface area contributed by atoms with Crippen LogP contribution >= 0.6 is 0 Å². The Bertz CT molecular complexity index is 179. The second kappa shape index (κ2) is 5.79. The van der Waals surface area contributed by atoms with Gasteiger partial charge in [0, 0.05) is 6.08 Å². The van der Waals surface area contributed by atoms with E-state index in [4.69, 9.17) is 4.74 Å². The number of hydrogen-bond donors (Lipinski definition) is 0. The van der Waals surface area contributed by atoms with Crippen LogP contribution in [0.4, 0.5) is 0 Å². The highest BCUT2D eigenvalue weighted by atomic mass is 16.5. The minimum absolute atomic E-state index is 0.172. The number of ether oxygens (including phenoxy) is 1. The molecule has 1 aliphatic carbocycles. The first-order valence-corrected chi connectivity index (χ1v) is 5.20. The molecule has 0 N–H and O–H groups in total. The van der Waals surface area contributed by atoms with Crippen LogP contribution in [-0.4, -0.2) is 12.1 Å². The molecule has 0 aromatic rings. The highest BCUT2D eigenvalue weighted by molar-refractivity contribution is 5.81. The van der Waals surface area contributed by atoms with E-state index in [0.29, 0.717) is 0 Å². The lowest BCUT2D eigenvalue weighted by atomic mass is 9.98. The van der Waals surface area contributed by atoms with E-state index in [9.17, 15) is 4.79 Å². The van der Waals surface area contributed by atoms with Gasteiger partial charge in [-0.3, -0.25) is 0 Å². The van der Waals surface area contributed by atoms with Gasteiger partial charge in [0.05, 0.1) is 0 Å². The molecule has 13 heavy (non-hydrogen) atoms. The van der Waals surface area contributed by atoms with E-state index in [-0.39, 0.29) is 12.1 Å². The monoisotopic (exact) mass is 182 g/mol. The third-order valence-electron chi connectivity index (χ3n) is 2.32. The molecule has 0 spiro atoms. The normalized spacial score (nSPS) is 19.2. The molecule has 0 bridgehead atoms. The van der Waals surface area contributed by atoms with Crippen LogP contribution in [0.25, 0.3) is 0 Å². The molecule has 2 heteroatoms. The van der Waals surface area contributed by atoms with E-state index >= 15 is 0 Å². The van der Waals surface area contributed by atoms with Gasteiger partial charge in [-0.15, -0.1) is 0 Å². The average molecular weight is 182 g/mol. The van der Waals surface area contributed by atoms with Crippen molar-refractivity contribution in [2.24, 2.45) is 0 Å². The van der Waals surface area contributed by atoms with Gasteiger partial charge < -0.3 is 4.74 Å². The van der Waals surface area contributed by atoms with Gasteiger partial charge in [-0.2, -0.15) is 0 Å². The summed E-state index contributed by atoms with van der Waals surface area (Å²) in [5.41, 5.74) is 0. The highest BCUT2D eigenvalue weighted by Crippen LogP contribution is 2.20. The quantitative estimate of drug-likeness (QED) is 0.495. The number of hydrogen-bond acceptors (Lipinski definition) is 2. The van der Waals surface area contributed by atoms with Crippen LogP contribution in [0.2, 0.25) is 0 Å². The highest BCUT2D eigenvalue weighted by Gasteiger charge is 2.15. The second-order valence-electron chi connectivity index (χ2n) is 3.51. The first-order valence-electron chi connectivity index (χ1n) is 5.20. The van der Waals surface area contributed by atoms with Crippen molar-refractivity contribution in [1.29, 1.82) is 0 Å². The second-order valence-corrected chi connectivity index (χ2v) is 3.51. The van der Waals surface area contributed by atoms with Crippen LogP contribution in [0.15, 0.2) is 12.2 Å². The number of carbonyl (C=O) groups excluding carboxylic acids is 1. The first kappa shape index (κ1) is 10.3. The lowest BCUT2D eigenvalue weighted by molar-refractivity contribution is -0.144. The van der Waals surface area contributed by atoms with Crippen molar-refractivity contribution in [3.63, 3.8) is 0 Å². The van der Waals surface area contributed by atoms with Crippen LogP contribution in [0.3, 0.4) is 0 Å². The van der Waals surface area contributed by atoms with Crippen molar-refractivity contribution in [3.8, 4) is 0 Å². The summed E-state index contributed by atoms with van der Waals surface area (Å²) in [4.78, 5) is 11.2. The zero-order valence-electron chi connectivity index (χ0n) is 8.29. The third kappa shape index (κ3) is 4.11. The minimum Gasteiger partial charge on any atom is -0.459 e. The zero-order valence-corrected chi connectivity index (χ0v) is 8.29. The van der Waals surface area contributed by atoms with E-state index in [2.05, 4.69) is 0 Å². The van der Waals surface area contributed by atoms with Crippen molar-refractivity contribution in [2.75, 3.05) is 0 Å². The van der Waals surface area contributed by atoms with E-state index in [1.807, 2.05) is 13.0 Å². The summed E-state index contributed by atoms with van der Waals surface area (Å²) in [6, 6.07) is 0. The minimum atomic E-state index is -0.172. The molecule has 0 unspecified atom stereocenters. The van der Waals surface area contributed by atoms with Crippen LogP contribution in [-0.2, 0) is 9.53 Å². The third-order valence-corrected chi connectivity index (χ3v) is 2.32. The molecule has 2 nitrogen and oxygen atoms in total. The summed E-state index contributed by atoms with van der Waals surface area (Å²) < 4.78 is 5.27. The topological polar surface area (TPSA) is 26.3 Å². The van der Waals surface area contributed by atoms with Crippen molar-refractivity contribution < 1.29 is 9.53 Å². The Morgan fingerprint density at radius 1 is 1.38 bits per heavy atom. The average Bonchev–Trinajstić information content (AvgIpc) is 2.16. The first-order chi connectivity index (χ1) is 6.33. The maximum atomic E-state index is 11.2. The number of rotatable bonds is 3. The summed E-state index contributed by atoms with van der Waals surface area (Å²) in [6.45, 7) is 2.00. The molecule has 0 aromatic carbocycles. The summed E-state index contributed by atoms with van der Waals surface area (Å²) in [5, 5.41) is 0. The van der Waals surface area contributed by atoms with Crippen molar-refractivity contribution in [1.82, 2.24) is 0 Å². The molecule has 74 valence electrons. The number of allylic oxidation sites excluding steroid dienone is 1. The van der Waals surface area contributed by atoms with Gasteiger partial charge in [0.1, 0.15) is 6.10 Å². The molecule has 1 rings (SSSR count). The number of esters is 1. The molecule has 1 fully saturated rings. The summed E-state index contributed by atoms with van der Waals surface area (Å²) in [5.74, 6) is -0.172. The van der Waals surface area contributed by atoms with E-state index in [1.54, 1.807) is 0 Å². The summed E-state index contributed by atoms with van der Waals surface area (Å²) >= 11 is 0. The Hall–Kier alpha value is -0.790. The molecule has 1 aliphatic rings. The van der Waals surface area contributed by atoms with E-state index in [1.165, 1.54) is 25.3 Å². The van der Waals surface area contributed by atoms with Crippen molar-refractivity contribution >= 4 is 5.97 Å². The fourth-order valence-corrected chi connectivity index (χ4v) is 1.60. The molecular formula is C11H18O2. The van der Waals surface area contributed by atoms with E-state index < -0.39 is 0 Å². The van der Waals surface area contributed by atoms with Crippen LogP contribution < -0.4 is 0 Å². The lowest BCUT2D eigenvalue weighted by Gasteiger charge is -2.20. The van der Waals surface area contributed by atoms with Gasteiger partial charge in [0.25, 0.3) is 0 Å². The largest absolute Gasteiger partial charge is 0.459 e. The predicted octanol–water partition coefficient (Wildman–Crippen LogP) is 2.83. The molecule has 0 amide bonds. The standard InChI is InChI=1S/C11H18O2/c1-2-3-9-11(12)13-10-7-5-4-6-8-10/h3,9-10H,2,4-8H2,1H3. The molecule has 0 atom stereocenters. The van der Waals surface area contributed by atoms with Gasteiger partial charge in [-0.1, -0.05) is 19.4 Å². The number of carbonyl (C=O) groups is 1. The van der Waals surface area contributed by atoms with Gasteiger partial charge in [-0.05, 0) is 32.1 Å². The molecular weight excluding hydrogens is 164 g/mol. The molecule has 0 heterocycles. The molecule has 0 saturated heterocycles. The Labute approximate surface area is 80.0 Å². The Morgan fingerprint density at radius 2 is 2.08 bits per heavy atom. The Morgan fingerprint density at radius 3 is 2.69 bits per heavy atom. The fourth-order valence-electron chi connectivity index (χ4n) is 1.60. The molecule has 0 radical (unpaired) electrons. The van der Waals surface area contributed by atoms with Gasteiger partial charge in [0.15, 0.2) is 0 Å². The fraction of sp³-hybridized carbons (Fsp3) is 0.727. The lowest BCUT2D eigenvalue weighted by Crippen LogP contribution is -2.19. The molecule has 0 aliphatic heterocycles. The van der Waals surface area contributed by atoms with Crippen LogP contribution in [0.1, 0.15) is 45.4 Å². The molecule has 0 aromatic heterocycles. The SMILES string of the molecule is CCC=CC(=O)OC1CCCCC1. The smallest absolute Gasteiger partial charge is 0.330 e. The zero-order chi connectivity index (χ0) is 9.52. The van der Waals surface area contributed by atoms with Gasteiger partial charge >= 0.3 is 5.97 Å². The Kier molecular flexibility index (Phi) is 4.58. The van der Waals surface area contributed by atoms with Crippen LogP contribution in [0.5, 0.6) is 0 Å². The predicted molar refractivity (Wildman–Crippen MR) is 52.4 cm³/mol. The maximum absolute atomic E-state index is 11.2. The Balaban J connectivity index is 2.22. The van der Waals surface area contributed by atoms with Gasteiger partial charge in [0.2, 0.25) is 0 Å². The van der Waals surface area contributed by atoms with Gasteiger partial charge in [-0.25, -0.2) is 4.79 Å². The van der Waals surface area contributed by atoms with Crippen molar-refractivity contribution in [2.45, 2.75) is 51.6 Å².